The lowest BCUT2D eigenvalue weighted by molar-refractivity contribution is 0.195. The zero-order chi connectivity index (χ0) is 9.68. The van der Waals surface area contributed by atoms with Gasteiger partial charge in [-0.25, -0.2) is 0 Å². The topological polar surface area (TPSA) is 44.0 Å². The van der Waals surface area contributed by atoms with Crippen LogP contribution < -0.4 is 0 Å². The Morgan fingerprint density at radius 1 is 1.31 bits per heavy atom. The highest BCUT2D eigenvalue weighted by Gasteiger charge is 1.98. The second-order valence-electron chi connectivity index (χ2n) is 3.20. The zero-order valence-electron chi connectivity index (χ0n) is 7.70. The van der Waals surface area contributed by atoms with Gasteiger partial charge in [-0.15, -0.1) is 0 Å². The van der Waals surface area contributed by atoms with Gasteiger partial charge in [0, 0.05) is 0 Å². The molecule has 1 rings (SSSR count). The first kappa shape index (κ1) is 9.76. The van der Waals surface area contributed by atoms with Gasteiger partial charge in [-0.1, -0.05) is 24.3 Å². The number of nitriles is 1. The number of rotatable bonds is 3. The van der Waals surface area contributed by atoms with Crippen LogP contribution in [-0.4, -0.2) is 11.2 Å². The van der Waals surface area contributed by atoms with Crippen molar-refractivity contribution in [1.82, 2.24) is 0 Å². The van der Waals surface area contributed by atoms with Crippen LogP contribution in [0.15, 0.2) is 24.3 Å². The summed E-state index contributed by atoms with van der Waals surface area (Å²) in [6.07, 6.45) is 0.823. The van der Waals surface area contributed by atoms with Crippen molar-refractivity contribution in [1.29, 1.82) is 5.26 Å². The summed E-state index contributed by atoms with van der Waals surface area (Å²) >= 11 is 0. The van der Waals surface area contributed by atoms with E-state index in [1.54, 1.807) is 6.92 Å². The Bertz CT molecular complexity index is 295. The first-order valence-corrected chi connectivity index (χ1v) is 4.35. The molecule has 0 spiro atoms. The molecule has 0 bridgehead atoms. The van der Waals surface area contributed by atoms with Crippen LogP contribution in [0.4, 0.5) is 0 Å². The van der Waals surface area contributed by atoms with Crippen LogP contribution in [0.1, 0.15) is 18.1 Å². The normalized spacial score (nSPS) is 12.1. The Morgan fingerprint density at radius 2 is 1.85 bits per heavy atom. The summed E-state index contributed by atoms with van der Waals surface area (Å²) in [5.41, 5.74) is 2.13. The van der Waals surface area contributed by atoms with Gasteiger partial charge in [-0.2, -0.15) is 5.26 Å². The van der Waals surface area contributed by atoms with Crippen LogP contribution in [-0.2, 0) is 12.8 Å². The maximum atomic E-state index is 9.13. The summed E-state index contributed by atoms with van der Waals surface area (Å²) < 4.78 is 0. The first-order chi connectivity index (χ1) is 6.22. The van der Waals surface area contributed by atoms with E-state index in [1.165, 1.54) is 0 Å². The fourth-order valence-electron chi connectivity index (χ4n) is 1.23. The van der Waals surface area contributed by atoms with E-state index in [-0.39, 0.29) is 6.10 Å². The van der Waals surface area contributed by atoms with Crippen molar-refractivity contribution in [3.8, 4) is 6.07 Å². The average Bonchev–Trinajstić information content (AvgIpc) is 2.08. The molecule has 0 aliphatic carbocycles. The summed E-state index contributed by atoms with van der Waals surface area (Å²) in [4.78, 5) is 0. The van der Waals surface area contributed by atoms with Crippen molar-refractivity contribution in [3.63, 3.8) is 0 Å². The van der Waals surface area contributed by atoms with Gasteiger partial charge in [0.1, 0.15) is 0 Å². The monoisotopic (exact) mass is 175 g/mol. The molecule has 0 heterocycles. The fraction of sp³-hybridized carbons (Fsp3) is 0.364. The second-order valence-corrected chi connectivity index (χ2v) is 3.20. The number of hydrogen-bond donors (Lipinski definition) is 1. The lowest BCUT2D eigenvalue weighted by atomic mass is 10.1. The Hall–Kier alpha value is -1.33. The summed E-state index contributed by atoms with van der Waals surface area (Å²) in [5.74, 6) is 0. The van der Waals surface area contributed by atoms with Gasteiger partial charge in [-0.3, -0.25) is 0 Å². The Kier molecular flexibility index (Phi) is 3.48. The summed E-state index contributed by atoms with van der Waals surface area (Å²) in [5, 5.41) is 17.6. The van der Waals surface area contributed by atoms with E-state index in [0.717, 1.165) is 11.1 Å². The minimum atomic E-state index is -0.304. The summed E-state index contributed by atoms with van der Waals surface area (Å²) in [6, 6.07) is 9.87. The third-order valence-electron chi connectivity index (χ3n) is 1.84. The molecule has 1 aromatic rings. The standard InChI is InChI=1S/C11H13NO/c1-9(13)8-11-4-2-10(3-5-11)6-7-12/h2-5,9,13H,6,8H2,1H3. The van der Waals surface area contributed by atoms with Crippen LogP contribution in [0.2, 0.25) is 0 Å². The van der Waals surface area contributed by atoms with E-state index >= 15 is 0 Å². The van der Waals surface area contributed by atoms with Crippen LogP contribution in [0.3, 0.4) is 0 Å². The quantitative estimate of drug-likeness (QED) is 0.759. The SMILES string of the molecule is CC(O)Cc1ccc(CC#N)cc1. The zero-order valence-corrected chi connectivity index (χ0v) is 7.70. The Labute approximate surface area is 78.4 Å². The molecule has 0 aliphatic heterocycles. The van der Waals surface area contributed by atoms with Crippen molar-refractivity contribution in [2.24, 2.45) is 0 Å². The number of benzene rings is 1. The van der Waals surface area contributed by atoms with Gasteiger partial charge in [0.05, 0.1) is 18.6 Å². The molecule has 0 saturated carbocycles. The predicted octanol–water partition coefficient (Wildman–Crippen LogP) is 1.68. The molecule has 2 nitrogen and oxygen atoms in total. The molecule has 1 unspecified atom stereocenters. The minimum absolute atomic E-state index is 0.304. The minimum Gasteiger partial charge on any atom is -0.393 e. The molecule has 2 heteroatoms. The van der Waals surface area contributed by atoms with Crippen LogP contribution in [0.25, 0.3) is 0 Å². The molecule has 0 fully saturated rings. The van der Waals surface area contributed by atoms with Gasteiger partial charge in [0.2, 0.25) is 0 Å². The van der Waals surface area contributed by atoms with Gasteiger partial charge in [-0.05, 0) is 24.5 Å². The van der Waals surface area contributed by atoms with Gasteiger partial charge in [0.15, 0.2) is 0 Å². The third kappa shape index (κ3) is 3.27. The number of nitrogens with zero attached hydrogens (tertiary/aromatic N) is 1. The smallest absolute Gasteiger partial charge is 0.0669 e. The average molecular weight is 175 g/mol. The molecule has 0 aromatic heterocycles. The van der Waals surface area contributed by atoms with Crippen molar-refractivity contribution < 1.29 is 5.11 Å². The molecule has 0 aliphatic rings. The van der Waals surface area contributed by atoms with E-state index in [0.29, 0.717) is 12.8 Å². The van der Waals surface area contributed by atoms with E-state index in [2.05, 4.69) is 6.07 Å². The molecule has 13 heavy (non-hydrogen) atoms. The van der Waals surface area contributed by atoms with Gasteiger partial charge < -0.3 is 5.11 Å². The van der Waals surface area contributed by atoms with Crippen molar-refractivity contribution in [2.75, 3.05) is 0 Å². The van der Waals surface area contributed by atoms with Crippen LogP contribution in [0.5, 0.6) is 0 Å². The number of hydrogen-bond acceptors (Lipinski definition) is 2. The van der Waals surface area contributed by atoms with E-state index < -0.39 is 0 Å². The van der Waals surface area contributed by atoms with Crippen molar-refractivity contribution >= 4 is 0 Å². The van der Waals surface area contributed by atoms with Crippen molar-refractivity contribution in [2.45, 2.75) is 25.9 Å². The lowest BCUT2D eigenvalue weighted by Gasteiger charge is -2.04. The van der Waals surface area contributed by atoms with E-state index in [1.807, 2.05) is 24.3 Å². The number of aliphatic hydroxyl groups is 1. The van der Waals surface area contributed by atoms with E-state index in [9.17, 15) is 0 Å². The molecular formula is C11H13NO. The molecule has 0 radical (unpaired) electrons. The molecule has 1 aromatic carbocycles. The largest absolute Gasteiger partial charge is 0.393 e. The Balaban J connectivity index is 2.65. The van der Waals surface area contributed by atoms with Gasteiger partial charge >= 0.3 is 0 Å². The number of aliphatic hydroxyl groups excluding tert-OH is 1. The molecular weight excluding hydrogens is 162 g/mol. The maximum Gasteiger partial charge on any atom is 0.0669 e. The highest BCUT2D eigenvalue weighted by Crippen LogP contribution is 2.07. The molecule has 0 saturated heterocycles. The van der Waals surface area contributed by atoms with Gasteiger partial charge in [0.25, 0.3) is 0 Å². The second kappa shape index (κ2) is 4.64. The first-order valence-electron chi connectivity index (χ1n) is 4.35. The summed E-state index contributed by atoms with van der Waals surface area (Å²) in [6.45, 7) is 1.77. The molecule has 0 amide bonds. The predicted molar refractivity (Wildman–Crippen MR) is 51.1 cm³/mol. The maximum absolute atomic E-state index is 9.13. The highest BCUT2D eigenvalue weighted by atomic mass is 16.3. The van der Waals surface area contributed by atoms with E-state index in [4.69, 9.17) is 10.4 Å². The third-order valence-corrected chi connectivity index (χ3v) is 1.84. The molecule has 68 valence electrons. The fourth-order valence-corrected chi connectivity index (χ4v) is 1.23. The van der Waals surface area contributed by atoms with Crippen molar-refractivity contribution in [3.05, 3.63) is 35.4 Å². The van der Waals surface area contributed by atoms with Crippen LogP contribution >= 0.6 is 0 Å². The summed E-state index contributed by atoms with van der Waals surface area (Å²) in [7, 11) is 0. The Morgan fingerprint density at radius 3 is 2.31 bits per heavy atom. The molecule has 1 N–H and O–H groups in total. The molecule has 1 atom stereocenters. The lowest BCUT2D eigenvalue weighted by Crippen LogP contribution is -2.03. The van der Waals surface area contributed by atoms with Crippen LogP contribution in [0, 0.1) is 11.3 Å². The highest BCUT2D eigenvalue weighted by molar-refractivity contribution is 5.24.